The number of amides is 1. The molecule has 1 N–H and O–H groups in total. The van der Waals surface area contributed by atoms with Crippen molar-refractivity contribution < 1.29 is 18.0 Å². The van der Waals surface area contributed by atoms with Crippen LogP contribution in [0.1, 0.15) is 28.3 Å². The molecule has 1 amide bonds. The van der Waals surface area contributed by atoms with Gasteiger partial charge in [-0.3, -0.25) is 4.79 Å². The SMILES string of the molecule is Cc1cc(C(C)NC(=O)C(F)(F)F)c(C)s1. The molecule has 0 fully saturated rings. The van der Waals surface area contributed by atoms with E-state index in [1.165, 1.54) is 18.3 Å². The fourth-order valence-electron chi connectivity index (χ4n) is 1.44. The predicted octanol–water partition coefficient (Wildman–Crippen LogP) is 3.10. The fourth-order valence-corrected chi connectivity index (χ4v) is 2.46. The van der Waals surface area contributed by atoms with E-state index in [4.69, 9.17) is 0 Å². The number of hydrogen-bond donors (Lipinski definition) is 1. The van der Waals surface area contributed by atoms with Crippen LogP contribution in [0.3, 0.4) is 0 Å². The second-order valence-corrected chi connectivity index (χ2v) is 5.02. The third-order valence-electron chi connectivity index (χ3n) is 2.15. The van der Waals surface area contributed by atoms with Gasteiger partial charge in [-0.1, -0.05) is 0 Å². The monoisotopic (exact) mass is 251 g/mol. The van der Waals surface area contributed by atoms with Crippen LogP contribution in [-0.4, -0.2) is 12.1 Å². The summed E-state index contributed by atoms with van der Waals surface area (Å²) in [5.74, 6) is -1.90. The molecule has 0 aliphatic heterocycles. The predicted molar refractivity (Wildman–Crippen MR) is 56.4 cm³/mol. The lowest BCUT2D eigenvalue weighted by atomic mass is 10.1. The fraction of sp³-hybridized carbons (Fsp3) is 0.500. The van der Waals surface area contributed by atoms with Gasteiger partial charge in [-0.25, -0.2) is 0 Å². The normalized spacial score (nSPS) is 13.6. The second-order valence-electron chi connectivity index (χ2n) is 3.56. The topological polar surface area (TPSA) is 29.1 Å². The average Bonchev–Trinajstić information content (AvgIpc) is 2.43. The molecule has 90 valence electrons. The molecule has 1 aromatic heterocycles. The van der Waals surface area contributed by atoms with Crippen molar-refractivity contribution in [2.24, 2.45) is 0 Å². The summed E-state index contributed by atoms with van der Waals surface area (Å²) < 4.78 is 36.1. The van der Waals surface area contributed by atoms with Gasteiger partial charge in [-0.15, -0.1) is 11.3 Å². The van der Waals surface area contributed by atoms with E-state index in [0.29, 0.717) is 0 Å². The maximum atomic E-state index is 12.0. The van der Waals surface area contributed by atoms with E-state index >= 15 is 0 Å². The van der Waals surface area contributed by atoms with E-state index in [-0.39, 0.29) is 0 Å². The Kier molecular flexibility index (Phi) is 3.62. The number of halogens is 3. The smallest absolute Gasteiger partial charge is 0.342 e. The van der Waals surface area contributed by atoms with Gasteiger partial charge in [0, 0.05) is 9.75 Å². The Labute approximate surface area is 95.5 Å². The minimum Gasteiger partial charge on any atom is -0.342 e. The van der Waals surface area contributed by atoms with Gasteiger partial charge in [0.2, 0.25) is 0 Å². The lowest BCUT2D eigenvalue weighted by Gasteiger charge is -2.15. The first-order valence-electron chi connectivity index (χ1n) is 4.66. The minimum atomic E-state index is -4.83. The number of thiophene rings is 1. The van der Waals surface area contributed by atoms with E-state index in [9.17, 15) is 18.0 Å². The number of rotatable bonds is 2. The highest BCUT2D eigenvalue weighted by atomic mass is 32.1. The van der Waals surface area contributed by atoms with Crippen LogP contribution in [0.2, 0.25) is 0 Å². The molecule has 0 saturated carbocycles. The quantitative estimate of drug-likeness (QED) is 0.859. The molecule has 0 aromatic carbocycles. The standard InChI is InChI=1S/C10H12F3NOS/c1-5-4-8(7(3)16-5)6(2)14-9(15)10(11,12)13/h4,6H,1-3H3,(H,14,15). The van der Waals surface area contributed by atoms with Crippen LogP contribution in [-0.2, 0) is 4.79 Å². The molecule has 6 heteroatoms. The van der Waals surface area contributed by atoms with Crippen LogP contribution in [0.5, 0.6) is 0 Å². The molecule has 0 aliphatic carbocycles. The maximum absolute atomic E-state index is 12.0. The summed E-state index contributed by atoms with van der Waals surface area (Å²) in [5.41, 5.74) is 0.736. The van der Waals surface area contributed by atoms with Crippen LogP contribution < -0.4 is 5.32 Å². The van der Waals surface area contributed by atoms with E-state index in [1.54, 1.807) is 6.07 Å². The van der Waals surface area contributed by atoms with Gasteiger partial charge in [0.1, 0.15) is 0 Å². The Morgan fingerprint density at radius 1 is 1.44 bits per heavy atom. The molecule has 0 spiro atoms. The third-order valence-corrected chi connectivity index (χ3v) is 3.13. The molecule has 0 bridgehead atoms. The Hall–Kier alpha value is -1.04. The summed E-state index contributed by atoms with van der Waals surface area (Å²) in [6.07, 6.45) is -4.83. The Morgan fingerprint density at radius 2 is 2.00 bits per heavy atom. The van der Waals surface area contributed by atoms with E-state index in [2.05, 4.69) is 0 Å². The number of alkyl halides is 3. The molecular weight excluding hydrogens is 239 g/mol. The zero-order chi connectivity index (χ0) is 12.5. The van der Waals surface area contributed by atoms with Crippen LogP contribution >= 0.6 is 11.3 Å². The van der Waals surface area contributed by atoms with Crippen molar-refractivity contribution in [3.05, 3.63) is 21.4 Å². The zero-order valence-electron chi connectivity index (χ0n) is 9.11. The maximum Gasteiger partial charge on any atom is 0.471 e. The van der Waals surface area contributed by atoms with E-state index < -0.39 is 18.1 Å². The number of aryl methyl sites for hydroxylation is 2. The summed E-state index contributed by atoms with van der Waals surface area (Å²) in [6.45, 7) is 5.24. The molecule has 1 rings (SSSR count). The largest absolute Gasteiger partial charge is 0.471 e. The highest BCUT2D eigenvalue weighted by Gasteiger charge is 2.39. The summed E-state index contributed by atoms with van der Waals surface area (Å²) in [6, 6.07) is 1.17. The van der Waals surface area contributed by atoms with Gasteiger partial charge < -0.3 is 5.32 Å². The van der Waals surface area contributed by atoms with Crippen molar-refractivity contribution in [2.45, 2.75) is 33.0 Å². The first-order valence-corrected chi connectivity index (χ1v) is 5.48. The number of hydrogen-bond acceptors (Lipinski definition) is 2. The van der Waals surface area contributed by atoms with Gasteiger partial charge in [0.05, 0.1) is 6.04 Å². The molecule has 1 unspecified atom stereocenters. The Balaban J connectivity index is 2.77. The van der Waals surface area contributed by atoms with Crippen LogP contribution in [0.4, 0.5) is 13.2 Å². The van der Waals surface area contributed by atoms with Crippen molar-refractivity contribution in [1.29, 1.82) is 0 Å². The van der Waals surface area contributed by atoms with Gasteiger partial charge in [-0.05, 0) is 32.4 Å². The summed E-state index contributed by atoms with van der Waals surface area (Å²) in [5, 5.41) is 1.93. The van der Waals surface area contributed by atoms with Crippen LogP contribution in [0.25, 0.3) is 0 Å². The van der Waals surface area contributed by atoms with Gasteiger partial charge >= 0.3 is 12.1 Å². The highest BCUT2D eigenvalue weighted by molar-refractivity contribution is 7.12. The van der Waals surface area contributed by atoms with E-state index in [1.807, 2.05) is 19.2 Å². The zero-order valence-corrected chi connectivity index (χ0v) is 9.92. The third kappa shape index (κ3) is 2.98. The first-order chi connectivity index (χ1) is 7.21. The van der Waals surface area contributed by atoms with Crippen molar-refractivity contribution in [1.82, 2.24) is 5.32 Å². The van der Waals surface area contributed by atoms with Gasteiger partial charge in [-0.2, -0.15) is 13.2 Å². The molecule has 2 nitrogen and oxygen atoms in total. The molecule has 1 aromatic rings. The van der Waals surface area contributed by atoms with Crippen molar-refractivity contribution >= 4 is 17.2 Å². The lowest BCUT2D eigenvalue weighted by Crippen LogP contribution is -2.38. The summed E-state index contributed by atoms with van der Waals surface area (Å²) >= 11 is 1.50. The van der Waals surface area contributed by atoms with E-state index in [0.717, 1.165) is 15.3 Å². The number of nitrogens with one attached hydrogen (secondary N) is 1. The van der Waals surface area contributed by atoms with Crippen LogP contribution in [0, 0.1) is 13.8 Å². The van der Waals surface area contributed by atoms with Crippen LogP contribution in [0.15, 0.2) is 6.07 Å². The molecule has 0 saturated heterocycles. The molecule has 16 heavy (non-hydrogen) atoms. The molecule has 0 radical (unpaired) electrons. The summed E-state index contributed by atoms with van der Waals surface area (Å²) in [4.78, 5) is 12.7. The molecule has 0 aliphatic rings. The Bertz CT molecular complexity index is 397. The number of carbonyl (C=O) groups is 1. The number of carbonyl (C=O) groups excluding carboxylic acids is 1. The second kappa shape index (κ2) is 4.45. The average molecular weight is 251 g/mol. The summed E-state index contributed by atoms with van der Waals surface area (Å²) in [7, 11) is 0. The van der Waals surface area contributed by atoms with Gasteiger partial charge in [0.15, 0.2) is 0 Å². The molecule has 1 atom stereocenters. The minimum absolute atomic E-state index is 0.626. The Morgan fingerprint density at radius 3 is 2.38 bits per heavy atom. The van der Waals surface area contributed by atoms with Crippen molar-refractivity contribution in [3.63, 3.8) is 0 Å². The first kappa shape index (κ1) is 13.0. The molecule has 1 heterocycles. The highest BCUT2D eigenvalue weighted by Crippen LogP contribution is 2.27. The van der Waals surface area contributed by atoms with Gasteiger partial charge in [0.25, 0.3) is 0 Å². The molecular formula is C10H12F3NOS. The lowest BCUT2D eigenvalue weighted by molar-refractivity contribution is -0.174. The van der Waals surface area contributed by atoms with Crippen molar-refractivity contribution in [2.75, 3.05) is 0 Å². The van der Waals surface area contributed by atoms with Crippen molar-refractivity contribution in [3.8, 4) is 0 Å².